The lowest BCUT2D eigenvalue weighted by Crippen LogP contribution is -2.46. The van der Waals surface area contributed by atoms with Crippen LogP contribution in [0.5, 0.6) is 0 Å². The van der Waals surface area contributed by atoms with E-state index in [1.54, 1.807) is 6.07 Å². The van der Waals surface area contributed by atoms with Crippen molar-refractivity contribution in [3.05, 3.63) is 41.3 Å². The lowest BCUT2D eigenvalue weighted by molar-refractivity contribution is 0.421. The molecule has 29 heavy (non-hydrogen) atoms. The first-order chi connectivity index (χ1) is 14.1. The summed E-state index contributed by atoms with van der Waals surface area (Å²) in [4.78, 5) is 11.7. The van der Waals surface area contributed by atoms with Gasteiger partial charge in [-0.15, -0.1) is 0 Å². The van der Waals surface area contributed by atoms with Crippen LogP contribution >= 0.6 is 0 Å². The molecule has 0 spiro atoms. The molecular weight excluding hydrogens is 367 g/mol. The summed E-state index contributed by atoms with van der Waals surface area (Å²) in [7, 11) is 0. The molecule has 1 aliphatic rings. The second-order valence-electron chi connectivity index (χ2n) is 7.46. The summed E-state index contributed by atoms with van der Waals surface area (Å²) in [6, 6.07) is 8.77. The fourth-order valence-electron chi connectivity index (χ4n) is 3.60. The minimum absolute atomic E-state index is 0.000747. The number of hydrogen-bond acceptors (Lipinski definition) is 6. The Bertz CT molecular complexity index is 863. The van der Waals surface area contributed by atoms with E-state index in [2.05, 4.69) is 40.4 Å². The van der Waals surface area contributed by atoms with Gasteiger partial charge in [-0.1, -0.05) is 20.3 Å². The smallest absolute Gasteiger partial charge is 0.229 e. The maximum absolute atomic E-state index is 13.6. The number of piperidine rings is 1. The molecule has 1 aliphatic heterocycles. The van der Waals surface area contributed by atoms with E-state index in [-0.39, 0.29) is 5.56 Å². The third kappa shape index (κ3) is 5.64. The topological polar surface area (TPSA) is 76.9 Å². The molecule has 154 valence electrons. The number of aryl methyl sites for hydroxylation is 1. The molecule has 0 radical (unpaired) electrons. The highest BCUT2D eigenvalue weighted by Gasteiger charge is 2.21. The Labute approximate surface area is 172 Å². The third-order valence-corrected chi connectivity index (χ3v) is 5.04. The Morgan fingerprint density at radius 2 is 2.10 bits per heavy atom. The van der Waals surface area contributed by atoms with Crippen LogP contribution in [0, 0.1) is 17.1 Å². The molecule has 6 nitrogen and oxygen atoms in total. The van der Waals surface area contributed by atoms with Gasteiger partial charge in [0.1, 0.15) is 17.7 Å². The van der Waals surface area contributed by atoms with Crippen LogP contribution < -0.4 is 15.5 Å². The van der Waals surface area contributed by atoms with Gasteiger partial charge >= 0.3 is 0 Å². The number of aromatic nitrogens is 2. The zero-order valence-corrected chi connectivity index (χ0v) is 17.2. The van der Waals surface area contributed by atoms with Crippen molar-refractivity contribution in [2.75, 3.05) is 29.9 Å². The van der Waals surface area contributed by atoms with Gasteiger partial charge in [-0.3, -0.25) is 0 Å². The van der Waals surface area contributed by atoms with Crippen molar-refractivity contribution in [2.45, 2.75) is 52.0 Å². The molecule has 1 atom stereocenters. The summed E-state index contributed by atoms with van der Waals surface area (Å²) in [6.07, 6.45) is 5.29. The summed E-state index contributed by atoms with van der Waals surface area (Å²) in [5, 5.41) is 15.8. The molecule has 2 heterocycles. The van der Waals surface area contributed by atoms with E-state index in [1.165, 1.54) is 18.6 Å². The number of benzene rings is 1. The maximum Gasteiger partial charge on any atom is 0.229 e. The van der Waals surface area contributed by atoms with Crippen molar-refractivity contribution in [3.63, 3.8) is 0 Å². The lowest BCUT2D eigenvalue weighted by Gasteiger charge is -2.34. The molecule has 2 N–H and O–H groups in total. The van der Waals surface area contributed by atoms with E-state index in [1.807, 2.05) is 6.07 Å². The number of rotatable bonds is 8. The summed E-state index contributed by atoms with van der Waals surface area (Å²) in [5.41, 5.74) is 1.58. The molecule has 3 rings (SSSR count). The molecular formula is C22H29FN6. The zero-order chi connectivity index (χ0) is 20.6. The van der Waals surface area contributed by atoms with Gasteiger partial charge in [-0.2, -0.15) is 10.2 Å². The van der Waals surface area contributed by atoms with Crippen molar-refractivity contribution in [1.29, 1.82) is 5.26 Å². The van der Waals surface area contributed by atoms with Crippen molar-refractivity contribution in [2.24, 2.45) is 0 Å². The minimum Gasteiger partial charge on any atom is -0.355 e. The van der Waals surface area contributed by atoms with Gasteiger partial charge in [0.05, 0.1) is 5.56 Å². The van der Waals surface area contributed by atoms with E-state index in [4.69, 9.17) is 10.2 Å². The first-order valence-electron chi connectivity index (χ1n) is 10.5. The molecule has 0 aliphatic carbocycles. The van der Waals surface area contributed by atoms with Crippen LogP contribution in [0.4, 0.5) is 21.8 Å². The predicted molar refractivity (Wildman–Crippen MR) is 114 cm³/mol. The second-order valence-corrected chi connectivity index (χ2v) is 7.46. The first kappa shape index (κ1) is 21.0. The highest BCUT2D eigenvalue weighted by molar-refractivity contribution is 5.58. The van der Waals surface area contributed by atoms with Crippen LogP contribution in [0.15, 0.2) is 24.3 Å². The Morgan fingerprint density at radius 3 is 2.86 bits per heavy atom. The number of anilines is 3. The minimum atomic E-state index is -0.529. The summed E-state index contributed by atoms with van der Waals surface area (Å²) in [5.74, 6) is 0.861. The molecule has 0 amide bonds. The number of hydrogen-bond donors (Lipinski definition) is 2. The zero-order valence-electron chi connectivity index (χ0n) is 17.2. The van der Waals surface area contributed by atoms with Gasteiger partial charge < -0.3 is 15.5 Å². The van der Waals surface area contributed by atoms with Gasteiger partial charge in [0.2, 0.25) is 5.95 Å². The fourth-order valence-corrected chi connectivity index (χ4v) is 3.60. The molecule has 1 aromatic carbocycles. The highest BCUT2D eigenvalue weighted by atomic mass is 19.1. The van der Waals surface area contributed by atoms with Crippen LogP contribution in [0.3, 0.4) is 0 Å². The maximum atomic E-state index is 13.6. The van der Waals surface area contributed by atoms with Crippen LogP contribution in [0.1, 0.15) is 50.8 Å². The SMILES string of the molecule is CCCNC1CCCN(c2cc(CCC)nc(Nc3ccc(F)c(C#N)c3)n2)C1. The van der Waals surface area contributed by atoms with Gasteiger partial charge in [-0.05, 0) is 50.4 Å². The average Bonchev–Trinajstić information content (AvgIpc) is 2.74. The highest BCUT2D eigenvalue weighted by Crippen LogP contribution is 2.23. The Hall–Kier alpha value is -2.72. The van der Waals surface area contributed by atoms with Crippen LogP contribution in [-0.2, 0) is 6.42 Å². The molecule has 0 saturated carbocycles. The van der Waals surface area contributed by atoms with E-state index < -0.39 is 5.82 Å². The third-order valence-electron chi connectivity index (χ3n) is 5.04. The summed E-state index contributed by atoms with van der Waals surface area (Å²) in [6.45, 7) is 7.24. The van der Waals surface area contributed by atoms with E-state index >= 15 is 0 Å². The van der Waals surface area contributed by atoms with Crippen molar-refractivity contribution in [1.82, 2.24) is 15.3 Å². The summed E-state index contributed by atoms with van der Waals surface area (Å²) < 4.78 is 13.6. The Kier molecular flexibility index (Phi) is 7.36. The van der Waals surface area contributed by atoms with Crippen molar-refractivity contribution in [3.8, 4) is 6.07 Å². The lowest BCUT2D eigenvalue weighted by atomic mass is 10.1. The van der Waals surface area contributed by atoms with Gasteiger partial charge in [-0.25, -0.2) is 9.37 Å². The average molecular weight is 397 g/mol. The van der Waals surface area contributed by atoms with E-state index in [0.29, 0.717) is 17.7 Å². The normalized spacial score (nSPS) is 16.5. The van der Waals surface area contributed by atoms with Crippen molar-refractivity contribution < 1.29 is 4.39 Å². The van der Waals surface area contributed by atoms with Crippen molar-refractivity contribution >= 4 is 17.5 Å². The fraction of sp³-hybridized carbons (Fsp3) is 0.500. The van der Waals surface area contributed by atoms with Gasteiger partial charge in [0.15, 0.2) is 0 Å². The monoisotopic (exact) mass is 396 g/mol. The van der Waals surface area contributed by atoms with Gasteiger partial charge in [0, 0.05) is 36.6 Å². The largest absolute Gasteiger partial charge is 0.355 e. The van der Waals surface area contributed by atoms with Crippen LogP contribution in [0.25, 0.3) is 0 Å². The molecule has 1 saturated heterocycles. The molecule has 2 aromatic rings. The van der Waals surface area contributed by atoms with Crippen LogP contribution in [0.2, 0.25) is 0 Å². The molecule has 0 bridgehead atoms. The predicted octanol–water partition coefficient (Wildman–Crippen LogP) is 4.15. The second kappa shape index (κ2) is 10.2. The Balaban J connectivity index is 1.83. The quantitative estimate of drug-likeness (QED) is 0.698. The number of halogens is 1. The number of nitriles is 1. The molecule has 7 heteroatoms. The van der Waals surface area contributed by atoms with E-state index in [9.17, 15) is 4.39 Å². The van der Waals surface area contributed by atoms with Crippen LogP contribution in [-0.4, -0.2) is 35.6 Å². The Morgan fingerprint density at radius 1 is 1.24 bits per heavy atom. The number of nitrogens with zero attached hydrogens (tertiary/aromatic N) is 4. The van der Waals surface area contributed by atoms with E-state index in [0.717, 1.165) is 56.8 Å². The van der Waals surface area contributed by atoms with Gasteiger partial charge in [0.25, 0.3) is 0 Å². The number of nitrogens with one attached hydrogen (secondary N) is 2. The molecule has 1 aromatic heterocycles. The molecule has 1 fully saturated rings. The molecule has 1 unspecified atom stereocenters. The summed E-state index contributed by atoms with van der Waals surface area (Å²) >= 11 is 0. The first-order valence-corrected chi connectivity index (χ1v) is 10.5. The standard InChI is InChI=1S/C22H29FN6/c1-3-6-17-13-21(29-11-5-7-19(15-29)25-10-4-2)28-22(26-17)27-18-8-9-20(23)16(12-18)14-24/h8-9,12-13,19,25H,3-7,10-11,15H2,1-2H3,(H,26,27,28).